The van der Waals surface area contributed by atoms with Crippen LogP contribution in [0, 0.1) is 5.82 Å². The monoisotopic (exact) mass is 598 g/mol. The lowest BCUT2D eigenvalue weighted by molar-refractivity contribution is -0.145. The van der Waals surface area contributed by atoms with Crippen molar-refractivity contribution < 1.29 is 49.1 Å². The zero-order chi connectivity index (χ0) is 29.7. The third-order valence-electron chi connectivity index (χ3n) is 6.76. The van der Waals surface area contributed by atoms with Crippen molar-refractivity contribution in [2.45, 2.75) is 36.6 Å². The summed E-state index contributed by atoms with van der Waals surface area (Å²) in [7, 11) is -4.69. The van der Waals surface area contributed by atoms with Gasteiger partial charge in [-0.1, -0.05) is 18.2 Å². The molecule has 1 saturated heterocycles. The number of anilines is 1. The van der Waals surface area contributed by atoms with Crippen molar-refractivity contribution in [2.75, 3.05) is 17.4 Å². The van der Waals surface area contributed by atoms with E-state index in [-0.39, 0.29) is 48.5 Å². The molecular weight excluding hydrogens is 578 g/mol. The maximum absolute atomic E-state index is 14.2. The molecule has 5 rings (SSSR count). The topological polar surface area (TPSA) is 84.0 Å². The van der Waals surface area contributed by atoms with E-state index in [1.807, 2.05) is 0 Å². The second-order valence-electron chi connectivity index (χ2n) is 9.57. The molecule has 7 nitrogen and oxygen atoms in total. The molecule has 0 radical (unpaired) electrons. The number of Topliss-reactive ketones (excluding diaryl/α,β-unsaturated/α-hetero) is 1. The summed E-state index contributed by atoms with van der Waals surface area (Å²) >= 11 is 0. The highest BCUT2D eigenvalue weighted by molar-refractivity contribution is 7.92. The van der Waals surface area contributed by atoms with E-state index >= 15 is 0 Å². The van der Waals surface area contributed by atoms with Crippen LogP contribution < -0.4 is 9.04 Å². The fraction of sp³-hybridized carbons (Fsp3) is 0.259. The van der Waals surface area contributed by atoms with E-state index < -0.39 is 56.8 Å². The first-order valence-electron chi connectivity index (χ1n) is 12.1. The Kier molecular flexibility index (Phi) is 7.22. The van der Waals surface area contributed by atoms with Crippen LogP contribution in [0.15, 0.2) is 65.6 Å². The van der Waals surface area contributed by atoms with Gasteiger partial charge in [-0.2, -0.15) is 22.0 Å². The van der Waals surface area contributed by atoms with Crippen molar-refractivity contribution in [3.05, 3.63) is 77.6 Å². The standard InChI is InChI=1S/C27H20F6N2O5S/c28-19-6-17(8-22(11-19)40-26(29)30)15-4-5-16-7-20(12-25(37)34-13-21(36)14-34)35(24(16)9-15)41(38,39)23-3-1-2-18(10-23)27(31,32)33/h1-6,8-11,20,26H,7,12-14H2. The normalized spacial score (nSPS) is 17.0. The highest BCUT2D eigenvalue weighted by Crippen LogP contribution is 2.42. The lowest BCUT2D eigenvalue weighted by Gasteiger charge is -2.32. The molecule has 0 bridgehead atoms. The number of fused-ring (bicyclic) bond motifs is 1. The van der Waals surface area contributed by atoms with Gasteiger partial charge in [-0.05, 0) is 59.5 Å². The molecule has 2 aliphatic heterocycles. The van der Waals surface area contributed by atoms with Crippen LogP contribution in [0.5, 0.6) is 5.75 Å². The van der Waals surface area contributed by atoms with Crippen LogP contribution >= 0.6 is 0 Å². The van der Waals surface area contributed by atoms with Gasteiger partial charge in [0.25, 0.3) is 10.0 Å². The Hall–Kier alpha value is -4.07. The number of benzene rings is 3. The number of carbonyl (C=O) groups excluding carboxylic acids is 2. The van der Waals surface area contributed by atoms with Gasteiger partial charge in [-0.15, -0.1) is 0 Å². The minimum atomic E-state index is -4.82. The summed E-state index contributed by atoms with van der Waals surface area (Å²) in [6.45, 7) is -3.46. The predicted molar refractivity (Wildman–Crippen MR) is 133 cm³/mol. The quantitative estimate of drug-likeness (QED) is 0.356. The highest BCUT2D eigenvalue weighted by Gasteiger charge is 2.42. The third kappa shape index (κ3) is 5.73. The van der Waals surface area contributed by atoms with Crippen molar-refractivity contribution in [3.8, 4) is 16.9 Å². The predicted octanol–water partition coefficient (Wildman–Crippen LogP) is 5.03. The number of amides is 1. The maximum Gasteiger partial charge on any atom is 0.416 e. The van der Waals surface area contributed by atoms with E-state index in [0.717, 1.165) is 40.7 Å². The van der Waals surface area contributed by atoms with Crippen molar-refractivity contribution in [3.63, 3.8) is 0 Å². The summed E-state index contributed by atoms with van der Waals surface area (Å²) < 4.78 is 113. The number of ketones is 1. The Morgan fingerprint density at radius 1 is 1.00 bits per heavy atom. The molecular formula is C27H20F6N2O5S. The second kappa shape index (κ2) is 10.4. The Balaban J connectivity index is 1.58. The van der Waals surface area contributed by atoms with E-state index in [4.69, 9.17) is 0 Å². The van der Waals surface area contributed by atoms with Crippen LogP contribution in [-0.2, 0) is 32.2 Å². The summed E-state index contributed by atoms with van der Waals surface area (Å²) in [4.78, 5) is 24.7. The molecule has 3 aromatic rings. The van der Waals surface area contributed by atoms with Crippen LogP contribution in [0.25, 0.3) is 11.1 Å². The van der Waals surface area contributed by atoms with Crippen LogP contribution in [0.3, 0.4) is 0 Å². The minimum Gasteiger partial charge on any atom is -0.435 e. The first-order valence-corrected chi connectivity index (χ1v) is 13.6. The molecule has 0 aliphatic carbocycles. The van der Waals surface area contributed by atoms with Gasteiger partial charge in [0.2, 0.25) is 5.91 Å². The Bertz CT molecular complexity index is 1640. The van der Waals surface area contributed by atoms with Crippen LogP contribution in [0.1, 0.15) is 17.5 Å². The molecule has 216 valence electrons. The summed E-state index contributed by atoms with van der Waals surface area (Å²) in [6, 6.07) is 9.34. The molecule has 14 heteroatoms. The number of hydrogen-bond donors (Lipinski definition) is 0. The van der Waals surface area contributed by atoms with Crippen LogP contribution in [0.4, 0.5) is 32.0 Å². The SMILES string of the molecule is O=C1CN(C(=O)CC2Cc3ccc(-c4cc(F)cc(OC(F)F)c4)cc3N2S(=O)(=O)c2cccc(C(F)(F)F)c2)C1. The smallest absolute Gasteiger partial charge is 0.416 e. The molecule has 41 heavy (non-hydrogen) atoms. The molecule has 3 aromatic carbocycles. The van der Waals surface area contributed by atoms with Crippen molar-refractivity contribution in [1.82, 2.24) is 4.90 Å². The molecule has 1 atom stereocenters. The van der Waals surface area contributed by atoms with E-state index in [0.29, 0.717) is 11.6 Å². The van der Waals surface area contributed by atoms with Crippen LogP contribution in [0.2, 0.25) is 0 Å². The first-order chi connectivity index (χ1) is 19.2. The average Bonchev–Trinajstić information content (AvgIpc) is 3.23. The van der Waals surface area contributed by atoms with Gasteiger partial charge in [-0.25, -0.2) is 12.8 Å². The lowest BCUT2D eigenvalue weighted by Crippen LogP contribution is -2.52. The van der Waals surface area contributed by atoms with Crippen molar-refractivity contribution in [2.24, 2.45) is 0 Å². The highest BCUT2D eigenvalue weighted by atomic mass is 32.2. The number of halogens is 6. The second-order valence-corrected chi connectivity index (χ2v) is 11.4. The van der Waals surface area contributed by atoms with Gasteiger partial charge in [0.15, 0.2) is 5.78 Å². The van der Waals surface area contributed by atoms with E-state index in [1.165, 1.54) is 23.1 Å². The van der Waals surface area contributed by atoms with Crippen molar-refractivity contribution in [1.29, 1.82) is 0 Å². The Morgan fingerprint density at radius 3 is 2.39 bits per heavy atom. The molecule has 0 N–H and O–H groups in total. The number of hydrogen-bond acceptors (Lipinski definition) is 5. The maximum atomic E-state index is 14.2. The van der Waals surface area contributed by atoms with Gasteiger partial charge in [-0.3, -0.25) is 13.9 Å². The number of ether oxygens (including phenoxy) is 1. The summed E-state index contributed by atoms with van der Waals surface area (Å²) in [5.41, 5.74) is -0.463. The zero-order valence-corrected chi connectivity index (χ0v) is 21.7. The van der Waals surface area contributed by atoms with Gasteiger partial charge in [0.05, 0.1) is 35.3 Å². The molecule has 2 heterocycles. The first kappa shape index (κ1) is 28.5. The van der Waals surface area contributed by atoms with E-state index in [1.54, 1.807) is 0 Å². The molecule has 2 aliphatic rings. The molecule has 1 fully saturated rings. The Labute approximate surface area is 230 Å². The fourth-order valence-corrected chi connectivity index (χ4v) is 6.59. The minimum absolute atomic E-state index is 0.0181. The number of alkyl halides is 5. The Morgan fingerprint density at radius 2 is 1.73 bits per heavy atom. The van der Waals surface area contributed by atoms with E-state index in [9.17, 15) is 44.3 Å². The number of nitrogens with zero attached hydrogens (tertiary/aromatic N) is 2. The molecule has 0 spiro atoms. The largest absolute Gasteiger partial charge is 0.435 e. The van der Waals surface area contributed by atoms with Crippen molar-refractivity contribution >= 4 is 27.4 Å². The third-order valence-corrected chi connectivity index (χ3v) is 8.62. The number of sulfonamides is 1. The molecule has 1 amide bonds. The summed E-state index contributed by atoms with van der Waals surface area (Å²) in [5.74, 6) is -2.06. The number of likely N-dealkylation sites (tertiary alicyclic amines) is 1. The fourth-order valence-electron chi connectivity index (χ4n) is 4.87. The van der Waals surface area contributed by atoms with Gasteiger partial charge in [0.1, 0.15) is 11.6 Å². The number of carbonyl (C=O) groups is 2. The lowest BCUT2D eigenvalue weighted by atomic mass is 10.0. The van der Waals surface area contributed by atoms with Crippen LogP contribution in [-0.4, -0.2) is 50.8 Å². The zero-order valence-electron chi connectivity index (χ0n) is 20.9. The summed E-state index contributed by atoms with van der Waals surface area (Å²) in [5, 5.41) is 0. The molecule has 0 aromatic heterocycles. The molecule has 0 saturated carbocycles. The number of rotatable bonds is 7. The van der Waals surface area contributed by atoms with Gasteiger partial charge < -0.3 is 9.64 Å². The van der Waals surface area contributed by atoms with Gasteiger partial charge >= 0.3 is 12.8 Å². The molecule has 1 unspecified atom stereocenters. The van der Waals surface area contributed by atoms with Gasteiger partial charge in [0, 0.05) is 12.5 Å². The summed E-state index contributed by atoms with van der Waals surface area (Å²) in [6.07, 6.45) is -5.16. The van der Waals surface area contributed by atoms with E-state index in [2.05, 4.69) is 4.74 Å². The average molecular weight is 599 g/mol.